The monoisotopic (exact) mass is 399 g/mol. The number of rotatable bonds is 8. The van der Waals surface area contributed by atoms with Gasteiger partial charge in [0.25, 0.3) is 5.91 Å². The first-order valence-electron chi connectivity index (χ1n) is 9.08. The van der Waals surface area contributed by atoms with Gasteiger partial charge in [-0.25, -0.2) is 4.68 Å². The van der Waals surface area contributed by atoms with Gasteiger partial charge in [-0.15, -0.1) is 0 Å². The third-order valence-electron chi connectivity index (χ3n) is 4.01. The van der Waals surface area contributed by atoms with Crippen molar-refractivity contribution in [3.05, 3.63) is 70.9 Å². The smallest absolute Gasteiger partial charge is 0.256 e. The summed E-state index contributed by atoms with van der Waals surface area (Å²) in [5.74, 6) is 1.52. The molecule has 28 heavy (non-hydrogen) atoms. The molecule has 0 saturated carbocycles. The minimum absolute atomic E-state index is 0.248. The molecule has 0 unspecified atom stereocenters. The predicted octanol–water partition coefficient (Wildman–Crippen LogP) is 4.63. The molecule has 1 aromatic heterocycles. The number of carbonyl (C=O) groups is 1. The zero-order chi connectivity index (χ0) is 19.9. The number of ether oxygens (including phenoxy) is 2. The Morgan fingerprint density at radius 2 is 1.75 bits per heavy atom. The predicted molar refractivity (Wildman–Crippen MR) is 110 cm³/mol. The maximum atomic E-state index is 12.7. The van der Waals surface area contributed by atoms with Crippen molar-refractivity contribution in [2.45, 2.75) is 20.4 Å². The quantitative estimate of drug-likeness (QED) is 0.599. The van der Waals surface area contributed by atoms with Gasteiger partial charge in [0.1, 0.15) is 5.82 Å². The van der Waals surface area contributed by atoms with E-state index in [2.05, 4.69) is 10.4 Å². The van der Waals surface area contributed by atoms with Gasteiger partial charge in [-0.1, -0.05) is 23.7 Å². The van der Waals surface area contributed by atoms with E-state index in [0.717, 1.165) is 5.56 Å². The minimum atomic E-state index is -0.248. The fraction of sp³-hybridized carbons (Fsp3) is 0.238. The molecular weight excluding hydrogens is 378 g/mol. The second-order valence-electron chi connectivity index (χ2n) is 5.98. The van der Waals surface area contributed by atoms with Gasteiger partial charge in [-0.3, -0.25) is 4.79 Å². The summed E-state index contributed by atoms with van der Waals surface area (Å²) in [7, 11) is 0. The first-order valence-corrected chi connectivity index (χ1v) is 9.45. The van der Waals surface area contributed by atoms with Crippen molar-refractivity contribution in [1.82, 2.24) is 9.78 Å². The van der Waals surface area contributed by atoms with E-state index in [1.54, 1.807) is 35.1 Å². The van der Waals surface area contributed by atoms with Crippen LogP contribution in [-0.4, -0.2) is 28.9 Å². The molecule has 6 nitrogen and oxygen atoms in total. The summed E-state index contributed by atoms with van der Waals surface area (Å²) in [6, 6.07) is 14.4. The van der Waals surface area contributed by atoms with Crippen LogP contribution in [-0.2, 0) is 6.54 Å². The van der Waals surface area contributed by atoms with E-state index < -0.39 is 0 Å². The Balaban J connectivity index is 1.75. The van der Waals surface area contributed by atoms with Crippen LogP contribution in [0.1, 0.15) is 29.8 Å². The summed E-state index contributed by atoms with van der Waals surface area (Å²) in [6.07, 6.45) is 1.65. The Bertz CT molecular complexity index is 938. The van der Waals surface area contributed by atoms with Gasteiger partial charge < -0.3 is 14.8 Å². The fourth-order valence-electron chi connectivity index (χ4n) is 2.71. The van der Waals surface area contributed by atoms with Crippen LogP contribution in [0.3, 0.4) is 0 Å². The standard InChI is InChI=1S/C21H22ClN3O3/c1-3-27-18-10-7-16(13-19(18)28-4-2)21(26)24-20-11-12-23-25(20)14-15-5-8-17(22)9-6-15/h5-13H,3-4,14H2,1-2H3,(H,24,26). The number of hydrogen-bond acceptors (Lipinski definition) is 4. The second-order valence-corrected chi connectivity index (χ2v) is 6.42. The van der Waals surface area contributed by atoms with Crippen LogP contribution in [0.2, 0.25) is 5.02 Å². The number of carbonyl (C=O) groups excluding carboxylic acids is 1. The minimum Gasteiger partial charge on any atom is -0.490 e. The van der Waals surface area contributed by atoms with Crippen molar-refractivity contribution < 1.29 is 14.3 Å². The molecule has 0 atom stereocenters. The van der Waals surface area contributed by atoms with Crippen molar-refractivity contribution >= 4 is 23.3 Å². The van der Waals surface area contributed by atoms with Crippen LogP contribution in [0.25, 0.3) is 0 Å². The lowest BCUT2D eigenvalue weighted by Gasteiger charge is -2.13. The summed E-state index contributed by atoms with van der Waals surface area (Å²) in [6.45, 7) is 5.32. The number of halogens is 1. The van der Waals surface area contributed by atoms with Crippen LogP contribution in [0.15, 0.2) is 54.7 Å². The van der Waals surface area contributed by atoms with E-state index in [-0.39, 0.29) is 5.91 Å². The second kappa shape index (κ2) is 9.28. The van der Waals surface area contributed by atoms with E-state index in [0.29, 0.717) is 47.7 Å². The Morgan fingerprint density at radius 1 is 1.04 bits per heavy atom. The van der Waals surface area contributed by atoms with Crippen molar-refractivity contribution in [3.63, 3.8) is 0 Å². The summed E-state index contributed by atoms with van der Waals surface area (Å²) in [4.78, 5) is 12.7. The van der Waals surface area contributed by atoms with Crippen molar-refractivity contribution in [2.24, 2.45) is 0 Å². The molecule has 2 aromatic carbocycles. The molecule has 0 fully saturated rings. The van der Waals surface area contributed by atoms with Crippen molar-refractivity contribution in [2.75, 3.05) is 18.5 Å². The Labute approximate surface area is 169 Å². The molecule has 0 aliphatic rings. The van der Waals surface area contributed by atoms with Gasteiger partial charge >= 0.3 is 0 Å². The van der Waals surface area contributed by atoms with Crippen LogP contribution in [0.5, 0.6) is 11.5 Å². The van der Waals surface area contributed by atoms with Gasteiger partial charge in [0.2, 0.25) is 0 Å². The number of nitrogens with zero attached hydrogens (tertiary/aromatic N) is 2. The molecule has 0 saturated heterocycles. The maximum absolute atomic E-state index is 12.7. The average Bonchev–Trinajstić information content (AvgIpc) is 3.12. The Morgan fingerprint density at radius 3 is 2.46 bits per heavy atom. The molecule has 0 bridgehead atoms. The van der Waals surface area contributed by atoms with E-state index in [1.165, 1.54) is 0 Å². The Kier molecular flexibility index (Phi) is 6.55. The van der Waals surface area contributed by atoms with Gasteiger partial charge in [0.05, 0.1) is 26.0 Å². The largest absolute Gasteiger partial charge is 0.490 e. The van der Waals surface area contributed by atoms with Gasteiger partial charge in [0.15, 0.2) is 11.5 Å². The molecule has 1 amide bonds. The summed E-state index contributed by atoms with van der Waals surface area (Å²) in [5.41, 5.74) is 1.51. The molecule has 3 rings (SSSR count). The lowest BCUT2D eigenvalue weighted by atomic mass is 10.2. The first-order chi connectivity index (χ1) is 13.6. The molecule has 1 heterocycles. The average molecular weight is 400 g/mol. The molecule has 3 aromatic rings. The zero-order valence-electron chi connectivity index (χ0n) is 15.8. The lowest BCUT2D eigenvalue weighted by Crippen LogP contribution is -2.16. The molecule has 0 radical (unpaired) electrons. The third-order valence-corrected chi connectivity index (χ3v) is 4.26. The zero-order valence-corrected chi connectivity index (χ0v) is 16.6. The molecule has 7 heteroatoms. The molecule has 146 valence electrons. The van der Waals surface area contributed by atoms with Crippen LogP contribution in [0.4, 0.5) is 5.82 Å². The molecule has 0 aliphatic carbocycles. The van der Waals surface area contributed by atoms with Gasteiger partial charge in [-0.2, -0.15) is 5.10 Å². The first kappa shape index (κ1) is 19.8. The highest BCUT2D eigenvalue weighted by atomic mass is 35.5. The summed E-state index contributed by atoms with van der Waals surface area (Å²) < 4.78 is 12.9. The Hall–Kier alpha value is -2.99. The van der Waals surface area contributed by atoms with Crippen LogP contribution in [0, 0.1) is 0 Å². The van der Waals surface area contributed by atoms with Crippen molar-refractivity contribution in [1.29, 1.82) is 0 Å². The van der Waals surface area contributed by atoms with E-state index in [4.69, 9.17) is 21.1 Å². The topological polar surface area (TPSA) is 65.4 Å². The van der Waals surface area contributed by atoms with Gasteiger partial charge in [-0.05, 0) is 49.7 Å². The van der Waals surface area contributed by atoms with E-state index >= 15 is 0 Å². The van der Waals surface area contributed by atoms with E-state index in [9.17, 15) is 4.79 Å². The highest BCUT2D eigenvalue weighted by Crippen LogP contribution is 2.29. The van der Waals surface area contributed by atoms with Crippen LogP contribution >= 0.6 is 11.6 Å². The SMILES string of the molecule is CCOc1ccc(C(=O)Nc2ccnn2Cc2ccc(Cl)cc2)cc1OCC. The molecule has 0 aliphatic heterocycles. The number of nitrogens with one attached hydrogen (secondary N) is 1. The third kappa shape index (κ3) is 4.84. The number of aromatic nitrogens is 2. The number of anilines is 1. The number of amides is 1. The summed E-state index contributed by atoms with van der Waals surface area (Å²) >= 11 is 5.93. The number of benzene rings is 2. The highest BCUT2D eigenvalue weighted by Gasteiger charge is 2.14. The normalized spacial score (nSPS) is 10.5. The molecular formula is C21H22ClN3O3. The molecule has 0 spiro atoms. The van der Waals surface area contributed by atoms with Gasteiger partial charge in [0, 0.05) is 16.7 Å². The maximum Gasteiger partial charge on any atom is 0.256 e. The lowest BCUT2D eigenvalue weighted by molar-refractivity contribution is 0.102. The van der Waals surface area contributed by atoms with Crippen molar-refractivity contribution in [3.8, 4) is 11.5 Å². The number of hydrogen-bond donors (Lipinski definition) is 1. The molecule has 1 N–H and O–H groups in total. The van der Waals surface area contributed by atoms with E-state index in [1.807, 2.05) is 38.1 Å². The fourth-order valence-corrected chi connectivity index (χ4v) is 2.83. The highest BCUT2D eigenvalue weighted by molar-refractivity contribution is 6.30. The van der Waals surface area contributed by atoms with Crippen LogP contribution < -0.4 is 14.8 Å². The summed E-state index contributed by atoms with van der Waals surface area (Å²) in [5, 5.41) is 7.87.